The molecule has 12 heavy (non-hydrogen) atoms. The van der Waals surface area contributed by atoms with Crippen LogP contribution < -0.4 is 0 Å². The monoisotopic (exact) mass is 293 g/mol. The highest BCUT2D eigenvalue weighted by atomic mass is 79.9. The number of nitrogens with zero attached hydrogens (tertiary/aromatic N) is 1. The Kier molecular flexibility index (Phi) is 2.85. The molecule has 3 nitrogen and oxygen atoms in total. The van der Waals surface area contributed by atoms with Crippen molar-refractivity contribution in [1.82, 2.24) is 4.98 Å². The summed E-state index contributed by atoms with van der Waals surface area (Å²) in [7, 11) is 0. The molecule has 0 fully saturated rings. The zero-order chi connectivity index (χ0) is 9.30. The topological polar surface area (TPSA) is 50.2 Å². The minimum absolute atomic E-state index is 0.0660. The lowest BCUT2D eigenvalue weighted by molar-refractivity contribution is 0.101. The molecule has 0 atom stereocenters. The van der Waals surface area contributed by atoms with Gasteiger partial charge in [-0.3, -0.25) is 4.79 Å². The van der Waals surface area contributed by atoms with E-state index >= 15 is 0 Å². The number of halogens is 2. The summed E-state index contributed by atoms with van der Waals surface area (Å²) in [4.78, 5) is 14.7. The van der Waals surface area contributed by atoms with Crippen LogP contribution in [0.3, 0.4) is 0 Å². The normalized spacial score (nSPS) is 9.92. The Hall–Kier alpha value is -0.420. The molecular formula is C7H5Br2NO2. The molecule has 1 heterocycles. The number of rotatable bonds is 1. The van der Waals surface area contributed by atoms with Crippen LogP contribution in [-0.2, 0) is 0 Å². The fraction of sp³-hybridized carbons (Fsp3) is 0.143. The van der Waals surface area contributed by atoms with Crippen molar-refractivity contribution in [3.8, 4) is 5.75 Å². The Morgan fingerprint density at radius 1 is 1.58 bits per heavy atom. The second-order valence-electron chi connectivity index (χ2n) is 2.18. The lowest BCUT2D eigenvalue weighted by Gasteiger charge is -2.01. The smallest absolute Gasteiger partial charge is 0.182 e. The summed E-state index contributed by atoms with van der Waals surface area (Å²) in [6.45, 7) is 1.35. The molecule has 0 aliphatic heterocycles. The number of pyridine rings is 1. The second-order valence-corrected chi connectivity index (χ2v) is 3.85. The van der Waals surface area contributed by atoms with Crippen LogP contribution in [0.4, 0.5) is 0 Å². The van der Waals surface area contributed by atoms with Crippen LogP contribution in [0.1, 0.15) is 17.4 Å². The molecule has 5 heteroatoms. The van der Waals surface area contributed by atoms with Crippen molar-refractivity contribution in [3.05, 3.63) is 20.8 Å². The van der Waals surface area contributed by atoms with Crippen molar-refractivity contribution in [1.29, 1.82) is 0 Å². The average molecular weight is 295 g/mol. The second kappa shape index (κ2) is 3.53. The Labute approximate surface area is 86.1 Å². The van der Waals surface area contributed by atoms with E-state index in [2.05, 4.69) is 36.8 Å². The van der Waals surface area contributed by atoms with Gasteiger partial charge in [-0.2, -0.15) is 0 Å². The Balaban J connectivity index is 3.37. The van der Waals surface area contributed by atoms with Gasteiger partial charge >= 0.3 is 0 Å². The van der Waals surface area contributed by atoms with Crippen LogP contribution >= 0.6 is 31.9 Å². The number of ketones is 1. The van der Waals surface area contributed by atoms with Gasteiger partial charge in [0.2, 0.25) is 0 Å². The van der Waals surface area contributed by atoms with Crippen molar-refractivity contribution in [3.63, 3.8) is 0 Å². The van der Waals surface area contributed by atoms with Crippen LogP contribution in [0.15, 0.2) is 15.1 Å². The van der Waals surface area contributed by atoms with Crippen LogP contribution in [0, 0.1) is 0 Å². The fourth-order valence-electron chi connectivity index (χ4n) is 0.724. The summed E-state index contributed by atoms with van der Waals surface area (Å²) in [5.41, 5.74) is 0.0660. The van der Waals surface area contributed by atoms with Crippen molar-refractivity contribution in [2.45, 2.75) is 6.92 Å². The summed E-state index contributed by atoms with van der Waals surface area (Å²) in [6, 6.07) is 1.57. The van der Waals surface area contributed by atoms with E-state index in [4.69, 9.17) is 0 Å². The summed E-state index contributed by atoms with van der Waals surface area (Å²) in [5, 5.41) is 9.34. The van der Waals surface area contributed by atoms with E-state index < -0.39 is 0 Å². The summed E-state index contributed by atoms with van der Waals surface area (Å²) >= 11 is 6.20. The molecule has 1 aromatic heterocycles. The van der Waals surface area contributed by atoms with Gasteiger partial charge in [-0.25, -0.2) is 4.98 Å². The van der Waals surface area contributed by atoms with Crippen LogP contribution in [0.25, 0.3) is 0 Å². The number of Topliss-reactive ketones (excluding diaryl/α,β-unsaturated/α-hetero) is 1. The summed E-state index contributed by atoms with van der Waals surface area (Å²) in [5.74, 6) is -0.389. The van der Waals surface area contributed by atoms with Gasteiger partial charge in [0.05, 0.1) is 4.47 Å². The first kappa shape index (κ1) is 9.67. The van der Waals surface area contributed by atoms with E-state index in [-0.39, 0.29) is 17.2 Å². The van der Waals surface area contributed by atoms with Crippen molar-refractivity contribution in [2.75, 3.05) is 0 Å². The largest absolute Gasteiger partial charge is 0.504 e. The Morgan fingerprint density at radius 3 is 2.67 bits per heavy atom. The van der Waals surface area contributed by atoms with E-state index in [0.717, 1.165) is 0 Å². The van der Waals surface area contributed by atoms with E-state index in [1.54, 1.807) is 6.07 Å². The number of hydrogen-bond donors (Lipinski definition) is 1. The molecule has 1 N–H and O–H groups in total. The molecule has 0 aromatic carbocycles. The third kappa shape index (κ3) is 1.84. The molecule has 1 rings (SSSR count). The molecule has 0 bridgehead atoms. The highest BCUT2D eigenvalue weighted by Crippen LogP contribution is 2.29. The number of aromatic nitrogens is 1. The number of hydrogen-bond acceptors (Lipinski definition) is 3. The predicted molar refractivity (Wildman–Crippen MR) is 51.3 cm³/mol. The van der Waals surface area contributed by atoms with Gasteiger partial charge in [0.1, 0.15) is 10.3 Å². The Bertz CT molecular complexity index is 338. The highest BCUT2D eigenvalue weighted by molar-refractivity contribution is 9.11. The van der Waals surface area contributed by atoms with Crippen molar-refractivity contribution in [2.24, 2.45) is 0 Å². The molecule has 0 saturated heterocycles. The molecule has 0 radical (unpaired) electrons. The highest BCUT2D eigenvalue weighted by Gasteiger charge is 2.12. The van der Waals surface area contributed by atoms with Gasteiger partial charge in [0, 0.05) is 6.92 Å². The number of aromatic hydroxyl groups is 1. The third-order valence-corrected chi connectivity index (χ3v) is 2.26. The predicted octanol–water partition coefficient (Wildman–Crippen LogP) is 2.51. The molecule has 0 aliphatic rings. The standard InChI is InChI=1S/C7H5Br2NO2/c1-3(11)6-7(12)4(8)2-5(9)10-6/h2,12H,1H3. The van der Waals surface area contributed by atoms with E-state index in [1.165, 1.54) is 6.92 Å². The lowest BCUT2D eigenvalue weighted by atomic mass is 10.2. The van der Waals surface area contributed by atoms with Crippen LogP contribution in [0.2, 0.25) is 0 Å². The molecule has 0 aliphatic carbocycles. The number of carbonyl (C=O) groups excluding carboxylic acids is 1. The maximum Gasteiger partial charge on any atom is 0.182 e. The maximum atomic E-state index is 10.9. The van der Waals surface area contributed by atoms with Crippen molar-refractivity contribution < 1.29 is 9.90 Å². The van der Waals surface area contributed by atoms with E-state index in [1.807, 2.05) is 0 Å². The first-order chi connectivity index (χ1) is 5.52. The van der Waals surface area contributed by atoms with Gasteiger partial charge in [0.15, 0.2) is 11.5 Å². The minimum Gasteiger partial charge on any atom is -0.504 e. The molecule has 1 aromatic rings. The SMILES string of the molecule is CC(=O)c1nc(Br)cc(Br)c1O. The molecule has 0 unspecified atom stereocenters. The quantitative estimate of drug-likeness (QED) is 0.639. The molecule has 0 saturated carbocycles. The first-order valence-corrected chi connectivity index (χ1v) is 4.67. The average Bonchev–Trinajstić information content (AvgIpc) is 1.96. The third-order valence-electron chi connectivity index (χ3n) is 1.25. The van der Waals surface area contributed by atoms with Gasteiger partial charge in [-0.1, -0.05) is 0 Å². The first-order valence-electron chi connectivity index (χ1n) is 3.08. The number of carbonyl (C=O) groups is 1. The fourth-order valence-corrected chi connectivity index (χ4v) is 1.84. The minimum atomic E-state index is -0.269. The molecular weight excluding hydrogens is 290 g/mol. The van der Waals surface area contributed by atoms with Crippen LogP contribution in [0.5, 0.6) is 5.75 Å². The zero-order valence-corrected chi connectivity index (χ0v) is 9.31. The lowest BCUT2D eigenvalue weighted by Crippen LogP contribution is -1.97. The van der Waals surface area contributed by atoms with Crippen molar-refractivity contribution >= 4 is 37.6 Å². The summed E-state index contributed by atoms with van der Waals surface area (Å²) < 4.78 is 0.965. The van der Waals surface area contributed by atoms with Gasteiger partial charge in [-0.15, -0.1) is 0 Å². The zero-order valence-electron chi connectivity index (χ0n) is 6.14. The molecule has 64 valence electrons. The molecule has 0 amide bonds. The van der Waals surface area contributed by atoms with E-state index in [9.17, 15) is 9.90 Å². The van der Waals surface area contributed by atoms with Gasteiger partial charge in [0.25, 0.3) is 0 Å². The van der Waals surface area contributed by atoms with E-state index in [0.29, 0.717) is 9.08 Å². The summed E-state index contributed by atoms with van der Waals surface area (Å²) in [6.07, 6.45) is 0. The maximum absolute atomic E-state index is 10.9. The van der Waals surface area contributed by atoms with Gasteiger partial charge in [-0.05, 0) is 37.9 Å². The van der Waals surface area contributed by atoms with Gasteiger partial charge < -0.3 is 5.11 Å². The molecule has 0 spiro atoms. The van der Waals surface area contributed by atoms with Crippen LogP contribution in [-0.4, -0.2) is 15.9 Å². The Morgan fingerprint density at radius 2 is 2.17 bits per heavy atom.